The summed E-state index contributed by atoms with van der Waals surface area (Å²) >= 11 is 0. The van der Waals surface area contributed by atoms with Crippen molar-refractivity contribution >= 4 is 17.6 Å². The van der Waals surface area contributed by atoms with Gasteiger partial charge in [-0.05, 0) is 44.5 Å². The number of rotatable bonds is 8. The number of nitrogens with one attached hydrogen (secondary N) is 1. The van der Waals surface area contributed by atoms with Crippen molar-refractivity contribution in [1.82, 2.24) is 19.9 Å². The van der Waals surface area contributed by atoms with Crippen molar-refractivity contribution in [3.63, 3.8) is 0 Å². The summed E-state index contributed by atoms with van der Waals surface area (Å²) in [4.78, 5) is 39.3. The van der Waals surface area contributed by atoms with Gasteiger partial charge in [-0.1, -0.05) is 0 Å². The van der Waals surface area contributed by atoms with Gasteiger partial charge in [0.25, 0.3) is 11.8 Å². The van der Waals surface area contributed by atoms with Crippen LogP contribution in [0.1, 0.15) is 39.9 Å². The van der Waals surface area contributed by atoms with Crippen molar-refractivity contribution in [3.8, 4) is 17.2 Å². The van der Waals surface area contributed by atoms with Gasteiger partial charge in [0.2, 0.25) is 0 Å². The Bertz CT molecular complexity index is 1160. The van der Waals surface area contributed by atoms with Gasteiger partial charge in [-0.25, -0.2) is 9.97 Å². The van der Waals surface area contributed by atoms with Crippen LogP contribution >= 0.6 is 0 Å². The zero-order valence-corrected chi connectivity index (χ0v) is 18.9. The molecule has 1 fully saturated rings. The van der Waals surface area contributed by atoms with E-state index in [1.54, 1.807) is 55.3 Å². The third-order valence-corrected chi connectivity index (χ3v) is 5.09. The number of likely N-dealkylation sites (tertiary alicyclic amines) is 1. The number of aromatic nitrogens is 3. The fraction of sp³-hybridized carbons (Fsp3) is 0.292. The molecule has 1 saturated heterocycles. The monoisotopic (exact) mass is 463 g/mol. The summed E-state index contributed by atoms with van der Waals surface area (Å²) in [7, 11) is 0. The first-order valence-corrected chi connectivity index (χ1v) is 10.9. The van der Waals surface area contributed by atoms with Crippen LogP contribution in [0, 0.1) is 6.92 Å². The Morgan fingerprint density at radius 1 is 1.06 bits per heavy atom. The van der Waals surface area contributed by atoms with Gasteiger partial charge >= 0.3 is 0 Å². The summed E-state index contributed by atoms with van der Waals surface area (Å²) in [6.07, 6.45) is 5.00. The highest BCUT2D eigenvalue weighted by molar-refractivity contribution is 6.04. The van der Waals surface area contributed by atoms with Crippen molar-refractivity contribution in [2.75, 3.05) is 25.0 Å². The number of hydrogen-bond donors (Lipinski definition) is 2. The maximum absolute atomic E-state index is 12.8. The van der Waals surface area contributed by atoms with Crippen LogP contribution in [0.2, 0.25) is 0 Å². The Balaban J connectivity index is 1.54. The van der Waals surface area contributed by atoms with Gasteiger partial charge in [0, 0.05) is 24.7 Å². The van der Waals surface area contributed by atoms with Gasteiger partial charge in [0.15, 0.2) is 5.82 Å². The molecule has 0 bridgehead atoms. The van der Waals surface area contributed by atoms with E-state index in [1.165, 1.54) is 12.4 Å². The van der Waals surface area contributed by atoms with Crippen LogP contribution in [0.15, 0.2) is 48.9 Å². The number of carbonyl (C=O) groups is 2. The fourth-order valence-electron chi connectivity index (χ4n) is 3.13. The molecule has 176 valence electrons. The standard InChI is InChI=1S/C24H25N5O5/c1-15-11-27-22(13-25-15)28-23(31)17-8-19(33-16(2)14-30)10-20(9-17)34-18-4-5-21(26-12-18)24(32)29-6-3-7-29/h4-5,8-13,16,30H,3,6-7,14H2,1-2H3,(H,27,28,31)/t16-/m0/s1. The van der Waals surface area contributed by atoms with Crippen LogP contribution in [0.4, 0.5) is 5.82 Å². The SMILES string of the molecule is Cc1cnc(NC(=O)c2cc(Oc3ccc(C(=O)N4CCC4)nc3)cc(O[C@@H](C)CO)c2)cn1. The molecular formula is C24H25N5O5. The minimum Gasteiger partial charge on any atom is -0.488 e. The Morgan fingerprint density at radius 3 is 2.47 bits per heavy atom. The van der Waals surface area contributed by atoms with Crippen LogP contribution in [-0.2, 0) is 0 Å². The summed E-state index contributed by atoms with van der Waals surface area (Å²) < 4.78 is 11.6. The highest BCUT2D eigenvalue weighted by Gasteiger charge is 2.22. The lowest BCUT2D eigenvalue weighted by atomic mass is 10.2. The Morgan fingerprint density at radius 2 is 1.85 bits per heavy atom. The predicted octanol–water partition coefficient (Wildman–Crippen LogP) is 2.83. The lowest BCUT2D eigenvalue weighted by Crippen LogP contribution is -2.42. The molecule has 2 N–H and O–H groups in total. The second kappa shape index (κ2) is 10.3. The maximum Gasteiger partial charge on any atom is 0.272 e. The number of carbonyl (C=O) groups excluding carboxylic acids is 2. The van der Waals surface area contributed by atoms with E-state index in [0.717, 1.165) is 25.2 Å². The number of benzene rings is 1. The summed E-state index contributed by atoms with van der Waals surface area (Å²) in [6.45, 7) is 4.80. The molecule has 1 atom stereocenters. The van der Waals surface area contributed by atoms with Gasteiger partial charge in [0.05, 0.1) is 30.9 Å². The molecule has 2 amide bonds. The Hall–Kier alpha value is -4.05. The van der Waals surface area contributed by atoms with Crippen LogP contribution in [0.5, 0.6) is 17.2 Å². The Kier molecular flexibility index (Phi) is 6.98. The fourth-order valence-corrected chi connectivity index (χ4v) is 3.13. The molecule has 3 heterocycles. The normalized spacial score (nSPS) is 13.6. The van der Waals surface area contributed by atoms with Gasteiger partial charge in [-0.15, -0.1) is 0 Å². The molecule has 34 heavy (non-hydrogen) atoms. The largest absolute Gasteiger partial charge is 0.488 e. The lowest BCUT2D eigenvalue weighted by Gasteiger charge is -2.30. The first-order valence-electron chi connectivity index (χ1n) is 10.9. The molecule has 10 nitrogen and oxygen atoms in total. The zero-order chi connectivity index (χ0) is 24.1. The second-order valence-electron chi connectivity index (χ2n) is 7.93. The van der Waals surface area contributed by atoms with E-state index in [2.05, 4.69) is 20.3 Å². The number of aryl methyl sites for hydroxylation is 1. The van der Waals surface area contributed by atoms with Gasteiger partial charge in [0.1, 0.15) is 29.0 Å². The van der Waals surface area contributed by atoms with Crippen molar-refractivity contribution in [3.05, 3.63) is 65.9 Å². The minimum absolute atomic E-state index is 0.107. The van der Waals surface area contributed by atoms with Crippen LogP contribution in [0.3, 0.4) is 0 Å². The average molecular weight is 463 g/mol. The molecule has 2 aromatic heterocycles. The summed E-state index contributed by atoms with van der Waals surface area (Å²) in [5.74, 6) is 0.828. The molecule has 10 heteroatoms. The number of aliphatic hydroxyl groups is 1. The van der Waals surface area contributed by atoms with Crippen molar-refractivity contribution in [2.24, 2.45) is 0 Å². The Labute approximate surface area is 196 Å². The van der Waals surface area contributed by atoms with E-state index in [4.69, 9.17) is 9.47 Å². The third kappa shape index (κ3) is 5.65. The highest BCUT2D eigenvalue weighted by Crippen LogP contribution is 2.28. The highest BCUT2D eigenvalue weighted by atomic mass is 16.5. The van der Waals surface area contributed by atoms with Crippen molar-refractivity contribution < 1.29 is 24.2 Å². The van der Waals surface area contributed by atoms with Crippen molar-refractivity contribution in [2.45, 2.75) is 26.4 Å². The van der Waals surface area contributed by atoms with Crippen molar-refractivity contribution in [1.29, 1.82) is 0 Å². The number of aliphatic hydroxyl groups excluding tert-OH is 1. The van der Waals surface area contributed by atoms with E-state index in [0.29, 0.717) is 28.8 Å². The predicted molar refractivity (Wildman–Crippen MR) is 123 cm³/mol. The number of pyridine rings is 1. The van der Waals surface area contributed by atoms with Crippen LogP contribution in [-0.4, -0.2) is 62.6 Å². The zero-order valence-electron chi connectivity index (χ0n) is 18.9. The van der Waals surface area contributed by atoms with E-state index in [9.17, 15) is 14.7 Å². The quantitative estimate of drug-likeness (QED) is 0.522. The number of ether oxygens (including phenoxy) is 2. The molecule has 0 unspecified atom stereocenters. The number of nitrogens with zero attached hydrogens (tertiary/aromatic N) is 4. The molecule has 4 rings (SSSR count). The molecule has 1 aromatic carbocycles. The molecule has 0 radical (unpaired) electrons. The molecule has 1 aliphatic rings. The number of amides is 2. The maximum atomic E-state index is 12.8. The molecule has 0 aliphatic carbocycles. The van der Waals surface area contributed by atoms with Gasteiger partial charge in [-0.2, -0.15) is 0 Å². The summed E-state index contributed by atoms with van der Waals surface area (Å²) in [5.41, 5.74) is 1.34. The first-order chi connectivity index (χ1) is 16.4. The first kappa shape index (κ1) is 23.1. The summed E-state index contributed by atoms with van der Waals surface area (Å²) in [6, 6.07) is 7.95. The smallest absolute Gasteiger partial charge is 0.272 e. The van der Waals surface area contributed by atoms with Crippen LogP contribution in [0.25, 0.3) is 0 Å². The second-order valence-corrected chi connectivity index (χ2v) is 7.93. The lowest BCUT2D eigenvalue weighted by molar-refractivity contribution is 0.0645. The van der Waals surface area contributed by atoms with Crippen LogP contribution < -0.4 is 14.8 Å². The van der Waals surface area contributed by atoms with E-state index in [-0.39, 0.29) is 18.1 Å². The van der Waals surface area contributed by atoms with E-state index < -0.39 is 12.0 Å². The summed E-state index contributed by atoms with van der Waals surface area (Å²) in [5, 5.41) is 12.0. The number of anilines is 1. The van der Waals surface area contributed by atoms with Gasteiger partial charge in [-0.3, -0.25) is 14.6 Å². The molecule has 1 aliphatic heterocycles. The minimum atomic E-state index is -0.484. The number of hydrogen-bond acceptors (Lipinski definition) is 8. The third-order valence-electron chi connectivity index (χ3n) is 5.09. The molecule has 0 saturated carbocycles. The molecule has 0 spiro atoms. The molecule has 3 aromatic rings. The molecular weight excluding hydrogens is 438 g/mol. The van der Waals surface area contributed by atoms with Gasteiger partial charge < -0.3 is 24.8 Å². The average Bonchev–Trinajstić information content (AvgIpc) is 2.79. The topological polar surface area (TPSA) is 127 Å². The van der Waals surface area contributed by atoms with E-state index >= 15 is 0 Å². The van der Waals surface area contributed by atoms with E-state index in [1.807, 2.05) is 0 Å².